The third-order valence-electron chi connectivity index (χ3n) is 2.70. The predicted octanol–water partition coefficient (Wildman–Crippen LogP) is 5.05. The van der Waals surface area contributed by atoms with Gasteiger partial charge in [0.05, 0.1) is 5.02 Å². The number of hydrogen-bond acceptors (Lipinski definition) is 2. The second-order valence-electron chi connectivity index (χ2n) is 4.31. The molecule has 0 saturated heterocycles. The maximum Gasteiger partial charge on any atom is 0.265 e. The Morgan fingerprint density at radius 1 is 1.10 bits per heavy atom. The van der Waals surface area contributed by atoms with Crippen LogP contribution in [-0.4, -0.2) is 12.0 Å². The van der Waals surface area contributed by atoms with E-state index in [1.165, 1.54) is 0 Å². The topological polar surface area (TPSA) is 38.3 Å². The van der Waals surface area contributed by atoms with Crippen LogP contribution < -0.4 is 10.1 Å². The zero-order valence-electron chi connectivity index (χ0n) is 11.1. The van der Waals surface area contributed by atoms with E-state index in [9.17, 15) is 4.79 Å². The summed E-state index contributed by atoms with van der Waals surface area (Å²) < 4.78 is 5.53. The first-order valence-corrected chi connectivity index (χ1v) is 7.28. The molecular formula is C15H12Cl3NO2. The number of carbonyl (C=O) groups is 1. The molecule has 0 aromatic heterocycles. The van der Waals surface area contributed by atoms with Gasteiger partial charge in [0.25, 0.3) is 5.91 Å². The molecule has 0 fully saturated rings. The maximum atomic E-state index is 12.1. The van der Waals surface area contributed by atoms with Crippen LogP contribution in [0.1, 0.15) is 6.92 Å². The lowest BCUT2D eigenvalue weighted by molar-refractivity contribution is -0.122. The predicted molar refractivity (Wildman–Crippen MR) is 86.6 cm³/mol. The van der Waals surface area contributed by atoms with E-state index in [0.29, 0.717) is 21.5 Å². The molecule has 0 aliphatic carbocycles. The molecule has 2 aromatic carbocycles. The van der Waals surface area contributed by atoms with Crippen LogP contribution in [0, 0.1) is 0 Å². The van der Waals surface area contributed by atoms with Crippen molar-refractivity contribution in [1.82, 2.24) is 0 Å². The van der Waals surface area contributed by atoms with Crippen molar-refractivity contribution in [2.24, 2.45) is 0 Å². The number of carbonyl (C=O) groups excluding carboxylic acids is 1. The number of amides is 1. The smallest absolute Gasteiger partial charge is 0.265 e. The lowest BCUT2D eigenvalue weighted by Gasteiger charge is -2.16. The molecule has 0 heterocycles. The molecule has 1 N–H and O–H groups in total. The number of benzene rings is 2. The molecule has 110 valence electrons. The molecule has 0 saturated carbocycles. The zero-order valence-corrected chi connectivity index (χ0v) is 13.3. The Morgan fingerprint density at radius 3 is 2.43 bits per heavy atom. The van der Waals surface area contributed by atoms with Crippen molar-refractivity contribution in [2.45, 2.75) is 13.0 Å². The number of anilines is 1. The van der Waals surface area contributed by atoms with Crippen molar-refractivity contribution >= 4 is 46.4 Å². The summed E-state index contributed by atoms with van der Waals surface area (Å²) in [7, 11) is 0. The van der Waals surface area contributed by atoms with Gasteiger partial charge in [-0.25, -0.2) is 0 Å². The van der Waals surface area contributed by atoms with Crippen molar-refractivity contribution in [3.05, 3.63) is 57.5 Å². The average Bonchev–Trinajstić information content (AvgIpc) is 2.46. The zero-order chi connectivity index (χ0) is 15.4. The Bertz CT molecular complexity index is 644. The number of nitrogens with one attached hydrogen (secondary N) is 1. The highest BCUT2D eigenvalue weighted by Crippen LogP contribution is 2.32. The minimum atomic E-state index is -0.725. The van der Waals surface area contributed by atoms with E-state index in [4.69, 9.17) is 39.5 Å². The molecule has 21 heavy (non-hydrogen) atoms. The molecule has 1 amide bonds. The third-order valence-corrected chi connectivity index (χ3v) is 3.75. The third kappa shape index (κ3) is 4.27. The number of hydrogen-bond donors (Lipinski definition) is 1. The fraction of sp³-hybridized carbons (Fsp3) is 0.133. The maximum absolute atomic E-state index is 12.1. The van der Waals surface area contributed by atoms with E-state index in [1.807, 2.05) is 0 Å². The van der Waals surface area contributed by atoms with Gasteiger partial charge >= 0.3 is 0 Å². The van der Waals surface area contributed by atoms with Crippen molar-refractivity contribution in [2.75, 3.05) is 5.32 Å². The summed E-state index contributed by atoms with van der Waals surface area (Å²) in [6.07, 6.45) is -0.725. The van der Waals surface area contributed by atoms with Crippen molar-refractivity contribution < 1.29 is 9.53 Å². The van der Waals surface area contributed by atoms with Gasteiger partial charge in [-0.1, -0.05) is 40.9 Å². The monoisotopic (exact) mass is 343 g/mol. The minimum absolute atomic E-state index is 0.283. The second-order valence-corrected chi connectivity index (χ2v) is 5.53. The highest BCUT2D eigenvalue weighted by Gasteiger charge is 2.17. The van der Waals surface area contributed by atoms with Crippen LogP contribution in [0.25, 0.3) is 0 Å². The Morgan fingerprint density at radius 2 is 1.76 bits per heavy atom. The van der Waals surface area contributed by atoms with E-state index in [0.717, 1.165) is 0 Å². The summed E-state index contributed by atoms with van der Waals surface area (Å²) in [4.78, 5) is 12.1. The normalized spacial score (nSPS) is 11.8. The molecule has 0 spiro atoms. The van der Waals surface area contributed by atoms with Crippen LogP contribution >= 0.6 is 34.8 Å². The average molecular weight is 345 g/mol. The summed E-state index contributed by atoms with van der Waals surface area (Å²) in [5.41, 5.74) is 0.636. The van der Waals surface area contributed by atoms with Crippen LogP contribution in [0.5, 0.6) is 5.75 Å². The SMILES string of the molecule is C[C@@H](Oc1cccc(Cl)c1Cl)C(=O)Nc1ccc(Cl)cc1. The highest BCUT2D eigenvalue weighted by molar-refractivity contribution is 6.42. The lowest BCUT2D eigenvalue weighted by atomic mass is 10.3. The van der Waals surface area contributed by atoms with Crippen LogP contribution in [0.2, 0.25) is 15.1 Å². The molecule has 1 atom stereocenters. The minimum Gasteiger partial charge on any atom is -0.479 e. The van der Waals surface area contributed by atoms with E-state index in [-0.39, 0.29) is 10.9 Å². The van der Waals surface area contributed by atoms with Crippen LogP contribution in [0.3, 0.4) is 0 Å². The first-order chi connectivity index (χ1) is 9.97. The van der Waals surface area contributed by atoms with Gasteiger partial charge in [0.1, 0.15) is 10.8 Å². The molecule has 0 radical (unpaired) electrons. The van der Waals surface area contributed by atoms with Gasteiger partial charge in [-0.2, -0.15) is 0 Å². The molecule has 2 rings (SSSR count). The molecule has 0 aliphatic heterocycles. The number of halogens is 3. The fourth-order valence-electron chi connectivity index (χ4n) is 1.60. The van der Waals surface area contributed by atoms with Crippen molar-refractivity contribution in [3.63, 3.8) is 0 Å². The van der Waals surface area contributed by atoms with Gasteiger partial charge in [-0.05, 0) is 43.3 Å². The van der Waals surface area contributed by atoms with Crippen LogP contribution in [-0.2, 0) is 4.79 Å². The highest BCUT2D eigenvalue weighted by atomic mass is 35.5. The van der Waals surface area contributed by atoms with Gasteiger partial charge in [-0.15, -0.1) is 0 Å². The second kappa shape index (κ2) is 7.03. The Kier molecular flexibility index (Phi) is 5.34. The first kappa shape index (κ1) is 16.0. The summed E-state index contributed by atoms with van der Waals surface area (Å²) in [5.74, 6) is 0.0660. The number of rotatable bonds is 4. The van der Waals surface area contributed by atoms with Gasteiger partial charge < -0.3 is 10.1 Å². The number of ether oxygens (including phenoxy) is 1. The molecule has 6 heteroatoms. The van der Waals surface area contributed by atoms with Crippen LogP contribution in [0.15, 0.2) is 42.5 Å². The molecule has 0 aliphatic rings. The van der Waals surface area contributed by atoms with E-state index in [2.05, 4.69) is 5.32 Å². The standard InChI is InChI=1S/C15H12Cl3NO2/c1-9(21-13-4-2-3-12(17)14(13)18)15(20)19-11-7-5-10(16)6-8-11/h2-9H,1H3,(H,19,20)/t9-/m1/s1. The van der Waals surface area contributed by atoms with Crippen molar-refractivity contribution in [1.29, 1.82) is 0 Å². The van der Waals surface area contributed by atoms with Crippen molar-refractivity contribution in [3.8, 4) is 5.75 Å². The van der Waals surface area contributed by atoms with E-state index < -0.39 is 6.10 Å². The Balaban J connectivity index is 2.02. The molecule has 3 nitrogen and oxygen atoms in total. The first-order valence-electron chi connectivity index (χ1n) is 6.14. The Labute approximate surface area is 137 Å². The largest absolute Gasteiger partial charge is 0.479 e. The summed E-state index contributed by atoms with van der Waals surface area (Å²) in [5, 5.41) is 3.98. The molecule has 0 unspecified atom stereocenters. The molecule has 2 aromatic rings. The van der Waals surface area contributed by atoms with Crippen LogP contribution in [0.4, 0.5) is 5.69 Å². The van der Waals surface area contributed by atoms with Gasteiger partial charge in [0.15, 0.2) is 6.10 Å². The summed E-state index contributed by atoms with van der Waals surface area (Å²) in [6.45, 7) is 1.63. The van der Waals surface area contributed by atoms with E-state index in [1.54, 1.807) is 49.4 Å². The summed E-state index contributed by atoms with van der Waals surface area (Å²) >= 11 is 17.7. The van der Waals surface area contributed by atoms with E-state index >= 15 is 0 Å². The molecular weight excluding hydrogens is 333 g/mol. The Hall–Kier alpha value is -1.42. The summed E-state index contributed by atoms with van der Waals surface area (Å²) in [6, 6.07) is 11.8. The molecule has 0 bridgehead atoms. The fourth-order valence-corrected chi connectivity index (χ4v) is 2.06. The van der Waals surface area contributed by atoms with Gasteiger partial charge in [0.2, 0.25) is 0 Å². The quantitative estimate of drug-likeness (QED) is 0.842. The van der Waals surface area contributed by atoms with Gasteiger partial charge in [0, 0.05) is 10.7 Å². The van der Waals surface area contributed by atoms with Gasteiger partial charge in [-0.3, -0.25) is 4.79 Å². The lowest BCUT2D eigenvalue weighted by Crippen LogP contribution is -2.30.